The van der Waals surface area contributed by atoms with E-state index in [1.807, 2.05) is 17.5 Å². The molecule has 0 radical (unpaired) electrons. The lowest BCUT2D eigenvalue weighted by atomic mass is 10.3. The minimum absolute atomic E-state index is 0.319. The third-order valence-corrected chi connectivity index (χ3v) is 2.28. The summed E-state index contributed by atoms with van der Waals surface area (Å²) in [5.74, 6) is 0. The van der Waals surface area contributed by atoms with Crippen molar-refractivity contribution in [2.45, 2.75) is 0 Å². The van der Waals surface area contributed by atoms with Crippen molar-refractivity contribution < 1.29 is 9.53 Å². The zero-order valence-corrected chi connectivity index (χ0v) is 6.43. The molecule has 11 heavy (non-hydrogen) atoms. The molecule has 0 unspecified atom stereocenters. The number of carbonyl (C=O) groups excluding carboxylic acids is 1. The van der Waals surface area contributed by atoms with Gasteiger partial charge < -0.3 is 4.74 Å². The number of hydrogen-bond donors (Lipinski definition) is 0. The van der Waals surface area contributed by atoms with Gasteiger partial charge in [0.15, 0.2) is 0 Å². The first-order valence-corrected chi connectivity index (χ1v) is 4.02. The molecule has 0 spiro atoms. The van der Waals surface area contributed by atoms with E-state index in [4.69, 9.17) is 0 Å². The monoisotopic (exact) mass is 167 g/mol. The Balaban J connectivity index is 2.31. The van der Waals surface area contributed by atoms with Crippen molar-refractivity contribution in [3.63, 3.8) is 0 Å². The maximum Gasteiger partial charge on any atom is 0.434 e. The molecule has 1 aromatic rings. The highest BCUT2D eigenvalue weighted by atomic mass is 32.1. The van der Waals surface area contributed by atoms with Crippen molar-refractivity contribution in [3.05, 3.63) is 22.4 Å². The highest BCUT2D eigenvalue weighted by molar-refractivity contribution is 7.12. The molecule has 2 heterocycles. The van der Waals surface area contributed by atoms with Crippen molar-refractivity contribution in [2.24, 2.45) is 4.99 Å². The Morgan fingerprint density at radius 1 is 1.64 bits per heavy atom. The topological polar surface area (TPSA) is 38.7 Å². The number of cyclic esters (lactones) is 1. The number of carbonyl (C=O) groups is 1. The normalized spacial score (nSPS) is 16.4. The third-order valence-electron chi connectivity index (χ3n) is 1.36. The number of hydrogen-bond acceptors (Lipinski definition) is 3. The van der Waals surface area contributed by atoms with E-state index in [1.54, 1.807) is 11.3 Å². The van der Waals surface area contributed by atoms with Crippen LogP contribution in [0.3, 0.4) is 0 Å². The number of ether oxygens (including phenoxy) is 1. The minimum atomic E-state index is -0.478. The summed E-state index contributed by atoms with van der Waals surface area (Å²) in [7, 11) is 0. The number of aliphatic imine (C=N–C) groups is 1. The largest absolute Gasteiger partial charge is 0.441 e. The first-order chi connectivity index (χ1) is 5.36. The van der Waals surface area contributed by atoms with Gasteiger partial charge in [-0.1, -0.05) is 6.07 Å². The molecule has 0 N–H and O–H groups in total. The first kappa shape index (κ1) is 6.54. The summed E-state index contributed by atoms with van der Waals surface area (Å²) in [6.45, 7) is 0.319. The fraction of sp³-hybridized carbons (Fsp3) is 0.143. The van der Waals surface area contributed by atoms with E-state index in [2.05, 4.69) is 9.73 Å². The van der Waals surface area contributed by atoms with Crippen molar-refractivity contribution in [3.8, 4) is 0 Å². The zero-order valence-electron chi connectivity index (χ0n) is 5.61. The molecule has 1 aliphatic rings. The predicted molar refractivity (Wildman–Crippen MR) is 42.2 cm³/mol. The Bertz CT molecular complexity index is 302. The van der Waals surface area contributed by atoms with Crippen LogP contribution in [0.15, 0.2) is 22.5 Å². The van der Waals surface area contributed by atoms with Gasteiger partial charge in [0, 0.05) is 0 Å². The van der Waals surface area contributed by atoms with Crippen molar-refractivity contribution >= 4 is 23.1 Å². The maximum atomic E-state index is 10.5. The van der Waals surface area contributed by atoms with E-state index in [0.29, 0.717) is 6.61 Å². The molecule has 1 amide bonds. The molecule has 2 rings (SSSR count). The highest BCUT2D eigenvalue weighted by Gasteiger charge is 2.16. The van der Waals surface area contributed by atoms with E-state index in [-0.39, 0.29) is 0 Å². The van der Waals surface area contributed by atoms with Crippen LogP contribution in [-0.4, -0.2) is 18.4 Å². The second-order valence-electron chi connectivity index (χ2n) is 2.09. The standard InChI is InChI=1S/C7H5NO2S/c9-7-8-5(4-10-7)6-2-1-3-11-6/h1-3H,4H2. The van der Waals surface area contributed by atoms with Crippen LogP contribution in [0.5, 0.6) is 0 Å². The molecule has 56 valence electrons. The summed E-state index contributed by atoms with van der Waals surface area (Å²) in [6, 6.07) is 3.84. The van der Waals surface area contributed by atoms with Crippen LogP contribution in [0, 0.1) is 0 Å². The second-order valence-corrected chi connectivity index (χ2v) is 3.04. The van der Waals surface area contributed by atoms with Crippen LogP contribution >= 0.6 is 11.3 Å². The van der Waals surface area contributed by atoms with Crippen LogP contribution in [0.4, 0.5) is 4.79 Å². The van der Waals surface area contributed by atoms with Gasteiger partial charge in [0.25, 0.3) is 0 Å². The number of rotatable bonds is 1. The summed E-state index contributed by atoms with van der Waals surface area (Å²) in [6.07, 6.45) is -0.478. The lowest BCUT2D eigenvalue weighted by molar-refractivity contribution is 0.181. The highest BCUT2D eigenvalue weighted by Crippen LogP contribution is 2.13. The summed E-state index contributed by atoms with van der Waals surface area (Å²) in [4.78, 5) is 15.3. The molecule has 0 bridgehead atoms. The Morgan fingerprint density at radius 2 is 2.55 bits per heavy atom. The van der Waals surface area contributed by atoms with Crippen molar-refractivity contribution in [2.75, 3.05) is 6.61 Å². The third kappa shape index (κ3) is 1.17. The molecule has 4 heteroatoms. The quantitative estimate of drug-likeness (QED) is 0.638. The van der Waals surface area contributed by atoms with Gasteiger partial charge in [-0.05, 0) is 11.4 Å². The van der Waals surface area contributed by atoms with E-state index in [1.165, 1.54) is 0 Å². The van der Waals surface area contributed by atoms with E-state index < -0.39 is 6.09 Å². The predicted octanol–water partition coefficient (Wildman–Crippen LogP) is 1.69. The van der Waals surface area contributed by atoms with Gasteiger partial charge >= 0.3 is 6.09 Å². The summed E-state index contributed by atoms with van der Waals surface area (Å²) in [5, 5.41) is 1.95. The summed E-state index contributed by atoms with van der Waals surface area (Å²) in [5.41, 5.74) is 0.741. The second kappa shape index (κ2) is 2.47. The van der Waals surface area contributed by atoms with Crippen LogP contribution in [0.25, 0.3) is 0 Å². The number of amides is 1. The van der Waals surface area contributed by atoms with Gasteiger partial charge in [0.05, 0.1) is 4.88 Å². The Hall–Kier alpha value is -1.16. The van der Waals surface area contributed by atoms with Crippen molar-refractivity contribution in [1.29, 1.82) is 0 Å². The van der Waals surface area contributed by atoms with Crippen LogP contribution in [0.2, 0.25) is 0 Å². The van der Waals surface area contributed by atoms with E-state index in [0.717, 1.165) is 10.6 Å². The molecular weight excluding hydrogens is 162 g/mol. The fourth-order valence-electron chi connectivity index (χ4n) is 0.874. The minimum Gasteiger partial charge on any atom is -0.441 e. The SMILES string of the molecule is O=C1N=C(c2cccs2)CO1. The number of nitrogens with zero attached hydrogens (tertiary/aromatic N) is 1. The molecule has 0 fully saturated rings. The lowest BCUT2D eigenvalue weighted by Gasteiger charge is -1.89. The van der Waals surface area contributed by atoms with Gasteiger partial charge in [-0.3, -0.25) is 0 Å². The summed E-state index contributed by atoms with van der Waals surface area (Å²) >= 11 is 1.56. The Kier molecular flexibility index (Phi) is 1.47. The molecule has 0 aliphatic carbocycles. The zero-order chi connectivity index (χ0) is 7.68. The molecule has 0 saturated carbocycles. The first-order valence-electron chi connectivity index (χ1n) is 3.14. The lowest BCUT2D eigenvalue weighted by Crippen LogP contribution is -1.99. The molecule has 3 nitrogen and oxygen atoms in total. The van der Waals surface area contributed by atoms with Crippen LogP contribution < -0.4 is 0 Å². The molecular formula is C7H5NO2S. The molecule has 1 aliphatic heterocycles. The smallest absolute Gasteiger partial charge is 0.434 e. The fourth-order valence-corrected chi connectivity index (χ4v) is 1.58. The molecule has 0 saturated heterocycles. The molecule has 0 atom stereocenters. The van der Waals surface area contributed by atoms with Gasteiger partial charge in [-0.25, -0.2) is 4.79 Å². The average molecular weight is 167 g/mol. The maximum absolute atomic E-state index is 10.5. The Labute approximate surface area is 67.3 Å². The van der Waals surface area contributed by atoms with Gasteiger partial charge in [-0.2, -0.15) is 4.99 Å². The van der Waals surface area contributed by atoms with Crippen molar-refractivity contribution in [1.82, 2.24) is 0 Å². The summed E-state index contributed by atoms with van der Waals surface area (Å²) < 4.78 is 4.65. The number of thiophene rings is 1. The van der Waals surface area contributed by atoms with Crippen LogP contribution in [0.1, 0.15) is 4.88 Å². The van der Waals surface area contributed by atoms with E-state index >= 15 is 0 Å². The molecule has 1 aromatic heterocycles. The van der Waals surface area contributed by atoms with Gasteiger partial charge in [0.1, 0.15) is 12.3 Å². The molecule has 0 aromatic carbocycles. The van der Waals surface area contributed by atoms with Gasteiger partial charge in [0.2, 0.25) is 0 Å². The van der Waals surface area contributed by atoms with Gasteiger partial charge in [-0.15, -0.1) is 11.3 Å². The van der Waals surface area contributed by atoms with Crippen LogP contribution in [-0.2, 0) is 4.74 Å². The van der Waals surface area contributed by atoms with E-state index in [9.17, 15) is 4.79 Å². The average Bonchev–Trinajstić information content (AvgIpc) is 2.55. The Morgan fingerprint density at radius 3 is 3.09 bits per heavy atom.